The Kier molecular flexibility index (Phi) is 6.28. The Balaban J connectivity index is 1.54. The highest BCUT2D eigenvalue weighted by Gasteiger charge is 2.16. The fourth-order valence-electron chi connectivity index (χ4n) is 3.50. The van der Waals surface area contributed by atoms with E-state index >= 15 is 0 Å². The van der Waals surface area contributed by atoms with E-state index in [1.807, 2.05) is 18.2 Å². The third-order valence-corrected chi connectivity index (χ3v) is 5.95. The maximum atomic E-state index is 11.2. The molecule has 0 atom stereocenters. The number of pyridine rings is 1. The maximum absolute atomic E-state index is 11.2. The average molecular weight is 441 g/mol. The fourth-order valence-corrected chi connectivity index (χ4v) is 3.98. The molecule has 2 aromatic heterocycles. The van der Waals surface area contributed by atoms with Gasteiger partial charge in [0.25, 0.3) is 10.1 Å². The van der Waals surface area contributed by atoms with Gasteiger partial charge < -0.3 is 5.32 Å². The molecule has 0 aliphatic heterocycles. The van der Waals surface area contributed by atoms with Gasteiger partial charge in [-0.2, -0.15) is 13.4 Å². The highest BCUT2D eigenvalue weighted by Crippen LogP contribution is 2.24. The van der Waals surface area contributed by atoms with Gasteiger partial charge in [0.1, 0.15) is 0 Å². The topological polar surface area (TPSA) is 129 Å². The molecule has 0 saturated heterocycles. The molecule has 4 N–H and O–H groups in total. The molecule has 9 nitrogen and oxygen atoms in total. The summed E-state index contributed by atoms with van der Waals surface area (Å²) in [6.07, 6.45) is 7.57. The van der Waals surface area contributed by atoms with Crippen LogP contribution in [0.2, 0.25) is 0 Å². The van der Waals surface area contributed by atoms with Crippen molar-refractivity contribution < 1.29 is 13.0 Å². The molecule has 1 aromatic carbocycles. The summed E-state index contributed by atoms with van der Waals surface area (Å²) in [6.45, 7) is 0. The van der Waals surface area contributed by atoms with Crippen LogP contribution in [0.4, 0.5) is 17.5 Å². The predicted octanol–water partition coefficient (Wildman–Crippen LogP) is 3.97. The largest absolute Gasteiger partial charge is 0.351 e. The highest BCUT2D eigenvalue weighted by molar-refractivity contribution is 7.85. The summed E-state index contributed by atoms with van der Waals surface area (Å²) in [5.74, 6) is 1.06. The normalized spacial score (nSPS) is 14.7. The van der Waals surface area contributed by atoms with Crippen molar-refractivity contribution in [3.05, 3.63) is 54.7 Å². The number of nitrogens with one attached hydrogen (secondary N) is 3. The van der Waals surface area contributed by atoms with Crippen LogP contribution in [0.25, 0.3) is 11.4 Å². The Morgan fingerprint density at radius 2 is 1.68 bits per heavy atom. The SMILES string of the molecule is O=S(=O)(O)c1ccc(NNc2cc(-c3ccccn3)nc(NC3CCCCC3)n2)cc1. The van der Waals surface area contributed by atoms with Crippen LogP contribution in [0, 0.1) is 0 Å². The first-order valence-corrected chi connectivity index (χ1v) is 11.6. The fraction of sp³-hybridized carbons (Fsp3) is 0.286. The second-order valence-corrected chi connectivity index (χ2v) is 8.83. The van der Waals surface area contributed by atoms with Gasteiger partial charge in [-0.15, -0.1) is 0 Å². The summed E-state index contributed by atoms with van der Waals surface area (Å²) >= 11 is 0. The highest BCUT2D eigenvalue weighted by atomic mass is 32.2. The molecule has 10 heteroatoms. The quantitative estimate of drug-likeness (QED) is 0.318. The van der Waals surface area contributed by atoms with Crippen LogP contribution in [0.5, 0.6) is 0 Å². The van der Waals surface area contributed by atoms with E-state index < -0.39 is 10.1 Å². The number of hydrogen-bond donors (Lipinski definition) is 4. The summed E-state index contributed by atoms with van der Waals surface area (Å²) < 4.78 is 31.5. The molecule has 31 heavy (non-hydrogen) atoms. The third kappa shape index (κ3) is 5.68. The molecule has 1 aliphatic rings. The Labute approximate surface area is 181 Å². The van der Waals surface area contributed by atoms with E-state index in [1.54, 1.807) is 12.3 Å². The molecule has 3 aromatic rings. The van der Waals surface area contributed by atoms with Gasteiger partial charge in [-0.05, 0) is 49.2 Å². The molecular weight excluding hydrogens is 416 g/mol. The number of anilines is 3. The molecule has 1 fully saturated rings. The standard InChI is InChI=1S/C21H24N6O3S/c28-31(29,30)17-11-9-16(10-12-17)26-27-20-14-19(18-8-4-5-13-22-18)24-21(25-20)23-15-6-2-1-3-7-15/h4-5,8-15,26H,1-3,6-7H2,(H,28,29,30)(H2,23,24,25,27). The van der Waals surface area contributed by atoms with E-state index in [1.165, 1.54) is 43.5 Å². The predicted molar refractivity (Wildman–Crippen MR) is 119 cm³/mol. The number of hydrogen-bond acceptors (Lipinski definition) is 8. The van der Waals surface area contributed by atoms with E-state index in [9.17, 15) is 8.42 Å². The van der Waals surface area contributed by atoms with Crippen molar-refractivity contribution in [2.75, 3.05) is 16.2 Å². The van der Waals surface area contributed by atoms with E-state index in [-0.39, 0.29) is 4.90 Å². The van der Waals surface area contributed by atoms with Crippen LogP contribution < -0.4 is 16.2 Å². The minimum Gasteiger partial charge on any atom is -0.351 e. The molecule has 0 spiro atoms. The molecule has 162 valence electrons. The van der Waals surface area contributed by atoms with Crippen molar-refractivity contribution in [1.29, 1.82) is 0 Å². The van der Waals surface area contributed by atoms with Crippen LogP contribution in [-0.2, 0) is 10.1 Å². The summed E-state index contributed by atoms with van der Waals surface area (Å²) in [5.41, 5.74) is 8.03. The van der Waals surface area contributed by atoms with Crippen molar-refractivity contribution in [3.8, 4) is 11.4 Å². The Bertz CT molecular complexity index is 1120. The van der Waals surface area contributed by atoms with Crippen LogP contribution >= 0.6 is 0 Å². The van der Waals surface area contributed by atoms with E-state index in [4.69, 9.17) is 4.55 Å². The minimum absolute atomic E-state index is 0.170. The number of aromatic nitrogens is 3. The van der Waals surface area contributed by atoms with Crippen LogP contribution in [0.1, 0.15) is 32.1 Å². The molecule has 1 saturated carbocycles. The third-order valence-electron chi connectivity index (χ3n) is 5.08. The molecule has 2 heterocycles. The number of hydrazine groups is 1. The second-order valence-electron chi connectivity index (χ2n) is 7.41. The first kappa shape index (κ1) is 21.0. The smallest absolute Gasteiger partial charge is 0.294 e. The monoisotopic (exact) mass is 440 g/mol. The molecule has 1 aliphatic carbocycles. The molecule has 4 rings (SSSR count). The van der Waals surface area contributed by atoms with E-state index in [2.05, 4.69) is 31.1 Å². The lowest BCUT2D eigenvalue weighted by Crippen LogP contribution is -2.24. The van der Waals surface area contributed by atoms with Crippen molar-refractivity contribution in [2.45, 2.75) is 43.0 Å². The summed E-state index contributed by atoms with van der Waals surface area (Å²) in [5, 5.41) is 3.44. The summed E-state index contributed by atoms with van der Waals surface area (Å²) in [7, 11) is -4.23. The van der Waals surface area contributed by atoms with Crippen LogP contribution in [0.15, 0.2) is 59.6 Å². The lowest BCUT2D eigenvalue weighted by molar-refractivity contribution is 0.461. The van der Waals surface area contributed by atoms with Gasteiger partial charge in [0.15, 0.2) is 5.82 Å². The van der Waals surface area contributed by atoms with Gasteiger partial charge in [0.05, 0.1) is 22.0 Å². The molecule has 0 amide bonds. The van der Waals surface area contributed by atoms with Crippen molar-refractivity contribution in [3.63, 3.8) is 0 Å². The molecular formula is C21H24N6O3S. The minimum atomic E-state index is -4.23. The van der Waals surface area contributed by atoms with E-state index in [0.29, 0.717) is 29.2 Å². The Morgan fingerprint density at radius 3 is 2.35 bits per heavy atom. The van der Waals surface area contributed by atoms with Crippen LogP contribution in [-0.4, -0.2) is 34.0 Å². The van der Waals surface area contributed by atoms with Gasteiger partial charge in [-0.3, -0.25) is 20.4 Å². The number of benzene rings is 1. The molecule has 0 unspecified atom stereocenters. The van der Waals surface area contributed by atoms with Crippen molar-refractivity contribution in [2.24, 2.45) is 0 Å². The maximum Gasteiger partial charge on any atom is 0.294 e. The van der Waals surface area contributed by atoms with Gasteiger partial charge in [-0.1, -0.05) is 25.3 Å². The Morgan fingerprint density at radius 1 is 0.903 bits per heavy atom. The zero-order chi connectivity index (χ0) is 21.7. The number of nitrogens with zero attached hydrogens (tertiary/aromatic N) is 3. The van der Waals surface area contributed by atoms with E-state index in [0.717, 1.165) is 18.5 Å². The number of rotatable bonds is 7. The lowest BCUT2D eigenvalue weighted by atomic mass is 9.96. The zero-order valence-electron chi connectivity index (χ0n) is 16.8. The lowest BCUT2D eigenvalue weighted by Gasteiger charge is -2.23. The summed E-state index contributed by atoms with van der Waals surface area (Å²) in [6, 6.07) is 13.5. The van der Waals surface area contributed by atoms with Gasteiger partial charge in [-0.25, -0.2) is 4.98 Å². The first-order chi connectivity index (χ1) is 15.0. The van der Waals surface area contributed by atoms with Gasteiger partial charge in [0, 0.05) is 18.3 Å². The summed E-state index contributed by atoms with van der Waals surface area (Å²) in [4.78, 5) is 13.4. The second kappa shape index (κ2) is 9.27. The average Bonchev–Trinajstić information content (AvgIpc) is 2.78. The molecule has 0 radical (unpaired) electrons. The Hall–Kier alpha value is -3.24. The first-order valence-electron chi connectivity index (χ1n) is 10.1. The molecule has 0 bridgehead atoms. The van der Waals surface area contributed by atoms with Crippen molar-refractivity contribution >= 4 is 27.6 Å². The van der Waals surface area contributed by atoms with Crippen molar-refractivity contribution in [1.82, 2.24) is 15.0 Å². The van der Waals surface area contributed by atoms with Gasteiger partial charge >= 0.3 is 0 Å². The van der Waals surface area contributed by atoms with Crippen LogP contribution in [0.3, 0.4) is 0 Å². The zero-order valence-corrected chi connectivity index (χ0v) is 17.6. The van der Waals surface area contributed by atoms with Gasteiger partial charge in [0.2, 0.25) is 5.95 Å².